The third-order valence-corrected chi connectivity index (χ3v) is 3.40. The van der Waals surface area contributed by atoms with Gasteiger partial charge in [-0.05, 0) is 37.5 Å². The van der Waals surface area contributed by atoms with E-state index in [0.717, 1.165) is 25.7 Å². The number of aliphatic hydroxyl groups excluding tert-OH is 1. The SMILES string of the molecule is COC1CCCC(Oc2ccc(F)cc2CO)C1. The van der Waals surface area contributed by atoms with E-state index in [2.05, 4.69) is 0 Å². The summed E-state index contributed by atoms with van der Waals surface area (Å²) in [7, 11) is 1.71. The summed E-state index contributed by atoms with van der Waals surface area (Å²) in [6, 6.07) is 4.24. The fourth-order valence-electron chi connectivity index (χ4n) is 2.39. The van der Waals surface area contributed by atoms with Gasteiger partial charge in [0.15, 0.2) is 0 Å². The van der Waals surface area contributed by atoms with Crippen LogP contribution in [0.5, 0.6) is 5.75 Å². The minimum Gasteiger partial charge on any atom is -0.490 e. The zero-order valence-electron chi connectivity index (χ0n) is 10.6. The van der Waals surface area contributed by atoms with Crippen LogP contribution >= 0.6 is 0 Å². The van der Waals surface area contributed by atoms with Gasteiger partial charge in [0, 0.05) is 19.1 Å². The molecule has 0 radical (unpaired) electrons. The van der Waals surface area contributed by atoms with Gasteiger partial charge in [0.05, 0.1) is 12.7 Å². The Balaban J connectivity index is 2.04. The largest absolute Gasteiger partial charge is 0.490 e. The van der Waals surface area contributed by atoms with E-state index in [4.69, 9.17) is 9.47 Å². The maximum Gasteiger partial charge on any atom is 0.125 e. The normalized spacial score (nSPS) is 23.9. The van der Waals surface area contributed by atoms with E-state index in [-0.39, 0.29) is 24.6 Å². The number of rotatable bonds is 4. The first-order valence-electron chi connectivity index (χ1n) is 6.31. The molecule has 1 fully saturated rings. The lowest BCUT2D eigenvalue weighted by Crippen LogP contribution is -2.29. The van der Waals surface area contributed by atoms with Gasteiger partial charge in [0.2, 0.25) is 0 Å². The predicted octanol–water partition coefficient (Wildman–Crippen LogP) is 2.65. The van der Waals surface area contributed by atoms with E-state index in [1.54, 1.807) is 13.2 Å². The quantitative estimate of drug-likeness (QED) is 0.897. The number of ether oxygens (including phenoxy) is 2. The molecule has 4 heteroatoms. The molecule has 0 saturated heterocycles. The molecule has 0 amide bonds. The van der Waals surface area contributed by atoms with E-state index in [0.29, 0.717) is 11.3 Å². The molecule has 2 rings (SSSR count). The highest BCUT2D eigenvalue weighted by Gasteiger charge is 2.23. The smallest absolute Gasteiger partial charge is 0.125 e. The van der Waals surface area contributed by atoms with Crippen molar-refractivity contribution in [3.8, 4) is 5.75 Å². The van der Waals surface area contributed by atoms with Gasteiger partial charge < -0.3 is 14.6 Å². The Hall–Kier alpha value is -1.13. The number of benzene rings is 1. The number of hydrogen-bond acceptors (Lipinski definition) is 3. The summed E-state index contributed by atoms with van der Waals surface area (Å²) in [5, 5.41) is 9.20. The van der Waals surface area contributed by atoms with Gasteiger partial charge in [-0.3, -0.25) is 0 Å². The lowest BCUT2D eigenvalue weighted by atomic mass is 9.95. The zero-order chi connectivity index (χ0) is 13.0. The second kappa shape index (κ2) is 6.16. The van der Waals surface area contributed by atoms with Crippen LogP contribution in [-0.4, -0.2) is 24.4 Å². The van der Waals surface area contributed by atoms with Gasteiger partial charge in [-0.25, -0.2) is 4.39 Å². The highest BCUT2D eigenvalue weighted by atomic mass is 19.1. The number of hydrogen-bond donors (Lipinski definition) is 1. The fourth-order valence-corrected chi connectivity index (χ4v) is 2.39. The maximum atomic E-state index is 13.0. The van der Waals surface area contributed by atoms with Gasteiger partial charge in [-0.15, -0.1) is 0 Å². The van der Waals surface area contributed by atoms with Gasteiger partial charge >= 0.3 is 0 Å². The van der Waals surface area contributed by atoms with E-state index in [9.17, 15) is 9.50 Å². The summed E-state index contributed by atoms with van der Waals surface area (Å²) in [5.74, 6) is 0.213. The standard InChI is InChI=1S/C14H19FO3/c1-17-12-3-2-4-13(8-12)18-14-6-5-11(15)7-10(14)9-16/h5-7,12-13,16H,2-4,8-9H2,1H3. The third kappa shape index (κ3) is 3.21. The van der Waals surface area contributed by atoms with E-state index in [1.807, 2.05) is 0 Å². The summed E-state index contributed by atoms with van der Waals surface area (Å²) in [5.41, 5.74) is 0.495. The second-order valence-electron chi connectivity index (χ2n) is 4.67. The Kier molecular flexibility index (Phi) is 4.55. The highest BCUT2D eigenvalue weighted by molar-refractivity contribution is 5.33. The first-order chi connectivity index (χ1) is 8.72. The first kappa shape index (κ1) is 13.3. The van der Waals surface area contributed by atoms with Crippen LogP contribution in [0.1, 0.15) is 31.2 Å². The molecule has 1 aliphatic rings. The van der Waals surface area contributed by atoms with Gasteiger partial charge in [0.1, 0.15) is 17.7 Å². The Morgan fingerprint density at radius 2 is 2.11 bits per heavy atom. The number of aliphatic hydroxyl groups is 1. The lowest BCUT2D eigenvalue weighted by Gasteiger charge is -2.29. The zero-order valence-corrected chi connectivity index (χ0v) is 10.6. The molecule has 1 saturated carbocycles. The third-order valence-electron chi connectivity index (χ3n) is 3.40. The molecule has 0 spiro atoms. The minimum atomic E-state index is -0.357. The summed E-state index contributed by atoms with van der Waals surface area (Å²) in [4.78, 5) is 0. The maximum absolute atomic E-state index is 13.0. The highest BCUT2D eigenvalue weighted by Crippen LogP contribution is 2.27. The topological polar surface area (TPSA) is 38.7 Å². The Morgan fingerprint density at radius 1 is 1.33 bits per heavy atom. The summed E-state index contributed by atoms with van der Waals surface area (Å²) in [6.07, 6.45) is 4.27. The van der Waals surface area contributed by atoms with Crippen LogP contribution < -0.4 is 4.74 Å². The van der Waals surface area contributed by atoms with Crippen molar-refractivity contribution in [1.29, 1.82) is 0 Å². The van der Waals surface area contributed by atoms with Crippen molar-refractivity contribution in [2.24, 2.45) is 0 Å². The molecule has 0 aromatic heterocycles. The summed E-state index contributed by atoms with van der Waals surface area (Å²) < 4.78 is 24.2. The van der Waals surface area contributed by atoms with E-state index < -0.39 is 0 Å². The fraction of sp³-hybridized carbons (Fsp3) is 0.571. The van der Waals surface area contributed by atoms with Crippen LogP contribution in [0.2, 0.25) is 0 Å². The molecule has 3 nitrogen and oxygen atoms in total. The molecule has 1 aromatic rings. The van der Waals surface area contributed by atoms with Crippen LogP contribution in [0.4, 0.5) is 4.39 Å². The van der Waals surface area contributed by atoms with Crippen molar-refractivity contribution in [3.63, 3.8) is 0 Å². The second-order valence-corrected chi connectivity index (χ2v) is 4.67. The average molecular weight is 254 g/mol. The molecule has 1 aliphatic carbocycles. The summed E-state index contributed by atoms with van der Waals surface area (Å²) >= 11 is 0. The van der Waals surface area contributed by atoms with Crippen molar-refractivity contribution in [1.82, 2.24) is 0 Å². The molecular formula is C14H19FO3. The van der Waals surface area contributed by atoms with Crippen LogP contribution in [0.15, 0.2) is 18.2 Å². The number of halogens is 1. The monoisotopic (exact) mass is 254 g/mol. The van der Waals surface area contributed by atoms with Gasteiger partial charge in [0.25, 0.3) is 0 Å². The molecule has 0 heterocycles. The first-order valence-corrected chi connectivity index (χ1v) is 6.31. The average Bonchev–Trinajstić information content (AvgIpc) is 2.41. The van der Waals surface area contributed by atoms with Crippen molar-refractivity contribution in [2.45, 2.75) is 44.5 Å². The molecule has 1 N–H and O–H groups in total. The Morgan fingerprint density at radius 3 is 2.83 bits per heavy atom. The van der Waals surface area contributed by atoms with Crippen LogP contribution in [0, 0.1) is 5.82 Å². The molecule has 0 aliphatic heterocycles. The van der Waals surface area contributed by atoms with Crippen LogP contribution in [0.3, 0.4) is 0 Å². The molecular weight excluding hydrogens is 235 g/mol. The van der Waals surface area contributed by atoms with Crippen molar-refractivity contribution < 1.29 is 19.0 Å². The van der Waals surface area contributed by atoms with E-state index in [1.165, 1.54) is 12.1 Å². The minimum absolute atomic E-state index is 0.0828. The number of methoxy groups -OCH3 is 1. The molecule has 2 atom stereocenters. The predicted molar refractivity (Wildman–Crippen MR) is 66.0 cm³/mol. The molecule has 1 aromatic carbocycles. The lowest BCUT2D eigenvalue weighted by molar-refractivity contribution is 0.0203. The van der Waals surface area contributed by atoms with Crippen molar-refractivity contribution in [3.05, 3.63) is 29.6 Å². The Labute approximate surface area is 107 Å². The molecule has 0 bridgehead atoms. The Bertz CT molecular complexity index is 395. The van der Waals surface area contributed by atoms with Gasteiger partial charge in [-0.2, -0.15) is 0 Å². The molecule has 2 unspecified atom stereocenters. The van der Waals surface area contributed by atoms with Crippen LogP contribution in [0.25, 0.3) is 0 Å². The summed E-state index contributed by atoms with van der Waals surface area (Å²) in [6.45, 7) is -0.215. The van der Waals surface area contributed by atoms with Crippen molar-refractivity contribution in [2.75, 3.05) is 7.11 Å². The molecule has 18 heavy (non-hydrogen) atoms. The van der Waals surface area contributed by atoms with E-state index >= 15 is 0 Å². The van der Waals surface area contributed by atoms with Crippen LogP contribution in [-0.2, 0) is 11.3 Å². The van der Waals surface area contributed by atoms with Gasteiger partial charge in [-0.1, -0.05) is 0 Å². The van der Waals surface area contributed by atoms with Crippen molar-refractivity contribution >= 4 is 0 Å². The molecule has 100 valence electrons.